The number of benzene rings is 11. The van der Waals surface area contributed by atoms with Crippen molar-refractivity contribution in [3.05, 3.63) is 423 Å². The van der Waals surface area contributed by atoms with Crippen LogP contribution in [0.5, 0.6) is 0 Å². The molecule has 5 N–H and O–H groups in total. The predicted octanol–water partition coefficient (Wildman–Crippen LogP) is 19.9. The molecule has 117 heavy (non-hydrogen) atoms. The van der Waals surface area contributed by atoms with E-state index in [-0.39, 0.29) is 60.9 Å². The molecule has 0 saturated carbocycles. The smallest absolute Gasteiger partial charge is 0.338 e. The standard InChI is InChI=1S/C20H23FN2O2.C20H21FN2O.C15H12FNO2.C15H10FNO2.C15H10FNO.C9H5NO2/c1-22-18-9-10-19(15(13-18)14-24)20(25,11-4-12-23(2)3)16-5-7-17(21)8-6-16;1-22-18-9-10-19-15(13-18)14-24-20(19,11-4-12-23(2)3)16-5-7-17(21)8-6-16;2*1-17-13-6-7-14(11(8-13)9-18)15(19)10-2-4-12(16)5-3-10;1-17-13-6-7-14-11(8-13)9-18-15(14)10-2-4-12(16)5-3-10;1-10-7-2-3-8-6(4-7)5-12-9(8)11/h5-10,13,24-25H,4,11-12,14H2,2-3H3;5-10,13H,4,11-12,14H2,2-3H3;2-8,15,18-19H,9H2;2-8,18H,9H2;2-8,15H,9H2;2-4H,5H2. The highest BCUT2D eigenvalue weighted by atomic mass is 19.1. The van der Waals surface area contributed by atoms with Gasteiger partial charge in [-0.25, -0.2) is 55.8 Å². The van der Waals surface area contributed by atoms with E-state index < -0.39 is 23.1 Å². The van der Waals surface area contributed by atoms with Crippen LogP contribution >= 0.6 is 0 Å². The second-order valence-corrected chi connectivity index (χ2v) is 27.7. The quantitative estimate of drug-likeness (QED) is 0.0223. The number of carbonyl (C=O) groups excluding carboxylic acids is 2. The van der Waals surface area contributed by atoms with Crippen LogP contribution in [0.15, 0.2) is 231 Å². The first kappa shape index (κ1) is 87.8. The number of rotatable bonds is 19. The minimum atomic E-state index is -1.36. The molecule has 11 aromatic carbocycles. The van der Waals surface area contributed by atoms with Gasteiger partial charge in [-0.3, -0.25) is 4.79 Å². The zero-order valence-corrected chi connectivity index (χ0v) is 64.3. The first-order valence-corrected chi connectivity index (χ1v) is 36.7. The number of cyclic esters (lactones) is 1. The van der Waals surface area contributed by atoms with Crippen molar-refractivity contribution >= 4 is 45.9 Å². The molecule has 4 atom stereocenters. The highest BCUT2D eigenvalue weighted by molar-refractivity contribution is 6.10. The maximum atomic E-state index is 13.4. The third kappa shape index (κ3) is 22.6. The highest BCUT2D eigenvalue weighted by Crippen LogP contribution is 2.47. The zero-order chi connectivity index (χ0) is 84.3. The summed E-state index contributed by atoms with van der Waals surface area (Å²) >= 11 is 0. The first-order chi connectivity index (χ1) is 56.3. The third-order valence-corrected chi connectivity index (χ3v) is 19.4. The molecule has 592 valence electrons. The lowest BCUT2D eigenvalue weighted by Crippen LogP contribution is -2.30. The summed E-state index contributed by atoms with van der Waals surface area (Å²) in [6, 6.07) is 59.8. The second kappa shape index (κ2) is 41.7. The molecule has 11 aromatic rings. The number of halogens is 5. The van der Waals surface area contributed by atoms with Crippen LogP contribution in [0, 0.1) is 68.5 Å². The van der Waals surface area contributed by atoms with Crippen LogP contribution in [-0.2, 0) is 65.1 Å². The Kier molecular flexibility index (Phi) is 31.3. The number of esters is 1. The van der Waals surface area contributed by atoms with Crippen molar-refractivity contribution in [2.45, 2.75) is 88.7 Å². The fourth-order valence-corrected chi connectivity index (χ4v) is 13.4. The number of aliphatic hydroxyl groups is 5. The maximum absolute atomic E-state index is 13.4. The maximum Gasteiger partial charge on any atom is 0.338 e. The molecule has 0 amide bonds. The van der Waals surface area contributed by atoms with Gasteiger partial charge in [0, 0.05) is 11.1 Å². The Hall–Kier alpha value is -13.2. The van der Waals surface area contributed by atoms with Crippen LogP contribution in [0.4, 0.5) is 56.1 Å². The number of ketones is 1. The fourth-order valence-electron chi connectivity index (χ4n) is 13.4. The highest BCUT2D eigenvalue weighted by Gasteiger charge is 2.42. The summed E-state index contributed by atoms with van der Waals surface area (Å²) in [5.41, 5.74) is 12.8. The van der Waals surface area contributed by atoms with E-state index in [2.05, 4.69) is 48.1 Å². The Bertz CT molecular complexity index is 5580. The number of ether oxygens (including phenoxy) is 3. The van der Waals surface area contributed by atoms with Crippen LogP contribution in [0.2, 0.25) is 0 Å². The van der Waals surface area contributed by atoms with Gasteiger partial charge in [0.2, 0.25) is 0 Å². The lowest BCUT2D eigenvalue weighted by molar-refractivity contribution is -0.0140. The van der Waals surface area contributed by atoms with Gasteiger partial charge in [0.25, 0.3) is 0 Å². The Morgan fingerprint density at radius 3 is 1.53 bits per heavy atom. The van der Waals surface area contributed by atoms with Crippen LogP contribution in [0.1, 0.15) is 142 Å². The van der Waals surface area contributed by atoms with Gasteiger partial charge in [0.05, 0.1) is 78.0 Å². The van der Waals surface area contributed by atoms with Crippen molar-refractivity contribution in [3.63, 3.8) is 0 Å². The third-order valence-electron chi connectivity index (χ3n) is 19.4. The Morgan fingerprint density at radius 1 is 0.504 bits per heavy atom. The molecular formula is C94H81F5N8O10. The molecule has 23 heteroatoms. The normalized spacial score (nSPS) is 14.4. The summed E-state index contributed by atoms with van der Waals surface area (Å²) in [7, 11) is 8.02. The van der Waals surface area contributed by atoms with E-state index >= 15 is 0 Å². The topological polar surface area (TPSA) is 196 Å². The molecule has 14 rings (SSSR count). The molecular weight excluding hydrogens is 1500 g/mol. The molecule has 3 aliphatic heterocycles. The van der Waals surface area contributed by atoms with E-state index in [0.717, 1.165) is 71.3 Å². The number of nitrogens with zero attached hydrogens (tertiary/aromatic N) is 8. The van der Waals surface area contributed by atoms with Crippen LogP contribution in [-0.4, -0.2) is 88.4 Å². The molecule has 0 spiro atoms. The van der Waals surface area contributed by atoms with Gasteiger partial charge in [0.15, 0.2) is 39.9 Å². The van der Waals surface area contributed by atoms with Crippen molar-refractivity contribution in [1.29, 1.82) is 0 Å². The molecule has 0 aliphatic carbocycles. The molecule has 0 saturated heterocycles. The number of hydrogen-bond acceptors (Lipinski definition) is 12. The predicted molar refractivity (Wildman–Crippen MR) is 433 cm³/mol. The summed E-state index contributed by atoms with van der Waals surface area (Å²) in [6.07, 6.45) is 1.82. The number of aliphatic hydroxyl groups excluding tert-OH is 4. The Morgan fingerprint density at radius 2 is 0.966 bits per heavy atom. The van der Waals surface area contributed by atoms with Crippen LogP contribution in [0.25, 0.3) is 29.1 Å². The summed E-state index contributed by atoms with van der Waals surface area (Å²) in [4.78, 5) is 47.4. The van der Waals surface area contributed by atoms with Crippen LogP contribution < -0.4 is 0 Å². The lowest BCUT2D eigenvalue weighted by atomic mass is 9.80. The number of carbonyl (C=O) groups is 2. The van der Waals surface area contributed by atoms with Crippen molar-refractivity contribution in [2.75, 3.05) is 41.3 Å². The SMILES string of the molecule is [C-]#[N+]c1ccc(C(=O)c2ccc(F)cc2)c(CO)c1.[C-]#[N+]c1ccc(C(O)(CCCN(C)C)c2ccc(F)cc2)c(CO)c1.[C-]#[N+]c1ccc(C(O)c2ccc(F)cc2)c(CO)c1.[C-]#[N+]c1ccc2c(c1)COC2(CCCN(C)C)c1ccc(F)cc1.[C-]#[N+]c1ccc2c(c1)COC2=O.[C-]#[N+]c1ccc2c(c1)COC2c1ccc(F)cc1. The average Bonchev–Trinajstić information content (AvgIpc) is 1.70. The van der Waals surface area contributed by atoms with E-state index in [9.17, 15) is 57.1 Å². The Balaban J connectivity index is 0.000000162. The van der Waals surface area contributed by atoms with Gasteiger partial charge in [-0.15, -0.1) is 0 Å². The van der Waals surface area contributed by atoms with Gasteiger partial charge in [0.1, 0.15) is 59.1 Å². The van der Waals surface area contributed by atoms with Crippen molar-refractivity contribution in [3.8, 4) is 0 Å². The van der Waals surface area contributed by atoms with E-state index in [4.69, 9.17) is 53.6 Å². The van der Waals surface area contributed by atoms with Gasteiger partial charge < -0.3 is 49.5 Å². The van der Waals surface area contributed by atoms with Gasteiger partial charge in [-0.1, -0.05) is 152 Å². The van der Waals surface area contributed by atoms with E-state index in [1.54, 1.807) is 78.9 Å². The molecule has 0 bridgehead atoms. The minimum absolute atomic E-state index is 0.152. The second-order valence-electron chi connectivity index (χ2n) is 27.7. The zero-order valence-electron chi connectivity index (χ0n) is 64.3. The molecule has 4 unspecified atom stereocenters. The monoisotopic (exact) mass is 1580 g/mol. The van der Waals surface area contributed by atoms with Crippen LogP contribution in [0.3, 0.4) is 0 Å². The summed E-state index contributed by atoms with van der Waals surface area (Å²) in [5.74, 6) is -2.25. The molecule has 0 aromatic heterocycles. The average molecular weight is 1580 g/mol. The fraction of sp³-hybridized carbons (Fsp3) is 0.213. The van der Waals surface area contributed by atoms with Crippen molar-refractivity contribution in [1.82, 2.24) is 9.80 Å². The number of hydrogen-bond donors (Lipinski definition) is 5. The van der Waals surface area contributed by atoms with Gasteiger partial charge in [-0.2, -0.15) is 0 Å². The minimum Gasteiger partial charge on any atom is -0.457 e. The summed E-state index contributed by atoms with van der Waals surface area (Å²) in [6.45, 7) is 44.0. The summed E-state index contributed by atoms with van der Waals surface area (Å²) in [5, 5.41) is 50.0. The summed E-state index contributed by atoms with van der Waals surface area (Å²) < 4.78 is 82.0. The van der Waals surface area contributed by atoms with Crippen molar-refractivity contribution < 1.29 is 71.3 Å². The number of fused-ring (bicyclic) bond motifs is 3. The first-order valence-electron chi connectivity index (χ1n) is 36.7. The van der Waals surface area contributed by atoms with E-state index in [1.165, 1.54) is 109 Å². The van der Waals surface area contributed by atoms with E-state index in [0.29, 0.717) is 116 Å². The molecule has 18 nitrogen and oxygen atoms in total. The molecule has 0 radical (unpaired) electrons. The molecule has 0 fully saturated rings. The molecule has 3 heterocycles. The Labute approximate surface area is 676 Å². The van der Waals surface area contributed by atoms with Gasteiger partial charge >= 0.3 is 5.97 Å². The van der Waals surface area contributed by atoms with E-state index in [1.807, 2.05) is 61.5 Å². The lowest BCUT2D eigenvalue weighted by Gasteiger charge is -2.32. The largest absolute Gasteiger partial charge is 0.457 e. The molecule has 3 aliphatic rings. The van der Waals surface area contributed by atoms with Crippen molar-refractivity contribution in [2.24, 2.45) is 0 Å². The van der Waals surface area contributed by atoms with Gasteiger partial charge in [-0.05, 0) is 224 Å².